The maximum absolute atomic E-state index is 13.4. The number of carbonyl (C=O) groups excluding carboxylic acids is 3. The van der Waals surface area contributed by atoms with Crippen LogP contribution in [0.4, 0.5) is 0 Å². The first-order valence-electron chi connectivity index (χ1n) is 11.2. The van der Waals surface area contributed by atoms with E-state index in [1.54, 1.807) is 24.1 Å². The van der Waals surface area contributed by atoms with Crippen molar-refractivity contribution in [2.45, 2.75) is 58.8 Å². The average Bonchev–Trinajstić information content (AvgIpc) is 3.38. The van der Waals surface area contributed by atoms with Gasteiger partial charge >= 0.3 is 0 Å². The summed E-state index contributed by atoms with van der Waals surface area (Å²) in [7, 11) is 1.69. The number of benzene rings is 1. The van der Waals surface area contributed by atoms with Crippen molar-refractivity contribution in [1.29, 1.82) is 0 Å². The first kappa shape index (κ1) is 25.7. The SMILES string of the molecule is CC(=O)N[C@H](C(=O)N1C[C@H](O)C[C@H]1c1ncc(C(=O)N(C)Cc2ccc(Cl)cc2)[nH]1)C(C)(C)C. The number of aliphatic hydroxyl groups is 1. The Morgan fingerprint density at radius 2 is 1.94 bits per heavy atom. The Morgan fingerprint density at radius 1 is 1.29 bits per heavy atom. The lowest BCUT2D eigenvalue weighted by Gasteiger charge is -2.35. The Morgan fingerprint density at radius 3 is 2.53 bits per heavy atom. The van der Waals surface area contributed by atoms with Gasteiger partial charge in [0.05, 0.1) is 18.3 Å². The van der Waals surface area contributed by atoms with Crippen LogP contribution in [0.25, 0.3) is 0 Å². The van der Waals surface area contributed by atoms with E-state index in [0.29, 0.717) is 17.4 Å². The Labute approximate surface area is 204 Å². The molecule has 9 nitrogen and oxygen atoms in total. The zero-order chi connectivity index (χ0) is 25.2. The summed E-state index contributed by atoms with van der Waals surface area (Å²) in [6.45, 7) is 7.48. The topological polar surface area (TPSA) is 119 Å². The van der Waals surface area contributed by atoms with Gasteiger partial charge < -0.3 is 25.2 Å². The van der Waals surface area contributed by atoms with Gasteiger partial charge in [-0.3, -0.25) is 14.4 Å². The number of nitrogens with zero attached hydrogens (tertiary/aromatic N) is 3. The lowest BCUT2D eigenvalue weighted by atomic mass is 9.85. The molecule has 0 unspecified atom stereocenters. The fraction of sp³-hybridized carbons (Fsp3) is 0.500. The van der Waals surface area contributed by atoms with Crippen LogP contribution in [0.2, 0.25) is 5.02 Å². The molecule has 1 saturated heterocycles. The molecule has 184 valence electrons. The summed E-state index contributed by atoms with van der Waals surface area (Å²) in [5.74, 6) is -0.438. The van der Waals surface area contributed by atoms with Crippen LogP contribution < -0.4 is 5.32 Å². The highest BCUT2D eigenvalue weighted by Gasteiger charge is 2.43. The molecule has 3 atom stereocenters. The number of imidazole rings is 1. The van der Waals surface area contributed by atoms with Gasteiger partial charge in [-0.1, -0.05) is 44.5 Å². The number of carbonyl (C=O) groups is 3. The summed E-state index contributed by atoms with van der Waals surface area (Å²) >= 11 is 5.92. The summed E-state index contributed by atoms with van der Waals surface area (Å²) in [5, 5.41) is 13.7. The third-order valence-corrected chi connectivity index (χ3v) is 6.10. The maximum atomic E-state index is 13.4. The Balaban J connectivity index is 1.77. The van der Waals surface area contributed by atoms with Crippen molar-refractivity contribution in [3.05, 3.63) is 52.6 Å². The Bertz CT molecular complexity index is 1050. The average molecular weight is 490 g/mol. The molecule has 1 aromatic carbocycles. The quantitative estimate of drug-likeness (QED) is 0.576. The van der Waals surface area contributed by atoms with E-state index in [1.807, 2.05) is 32.9 Å². The molecule has 1 aromatic heterocycles. The number of H-pyrrole nitrogens is 1. The number of aromatic amines is 1. The summed E-state index contributed by atoms with van der Waals surface area (Å²) < 4.78 is 0. The molecule has 34 heavy (non-hydrogen) atoms. The summed E-state index contributed by atoms with van der Waals surface area (Å²) in [6.07, 6.45) is 0.992. The van der Waals surface area contributed by atoms with Crippen molar-refractivity contribution in [1.82, 2.24) is 25.1 Å². The summed E-state index contributed by atoms with van der Waals surface area (Å²) in [5.41, 5.74) is 0.687. The second-order valence-electron chi connectivity index (χ2n) is 9.87. The zero-order valence-corrected chi connectivity index (χ0v) is 20.9. The van der Waals surface area contributed by atoms with Crippen LogP contribution in [0, 0.1) is 5.41 Å². The smallest absolute Gasteiger partial charge is 0.271 e. The normalized spacial score (nSPS) is 19.1. The third-order valence-electron chi connectivity index (χ3n) is 5.84. The molecule has 2 heterocycles. The first-order chi connectivity index (χ1) is 15.9. The highest BCUT2D eigenvalue weighted by atomic mass is 35.5. The summed E-state index contributed by atoms with van der Waals surface area (Å²) in [4.78, 5) is 48.5. The van der Waals surface area contributed by atoms with Gasteiger partial charge in [-0.05, 0) is 23.1 Å². The van der Waals surface area contributed by atoms with Gasteiger partial charge in [-0.2, -0.15) is 0 Å². The van der Waals surface area contributed by atoms with Gasteiger partial charge in [0.1, 0.15) is 17.6 Å². The zero-order valence-electron chi connectivity index (χ0n) is 20.1. The molecule has 1 aliphatic heterocycles. The minimum absolute atomic E-state index is 0.121. The second-order valence-corrected chi connectivity index (χ2v) is 10.3. The number of aromatic nitrogens is 2. The van der Waals surface area contributed by atoms with E-state index in [0.717, 1.165) is 5.56 Å². The molecule has 1 fully saturated rings. The Kier molecular flexibility index (Phi) is 7.67. The highest BCUT2D eigenvalue weighted by Crippen LogP contribution is 2.33. The molecular formula is C24H32ClN5O4. The van der Waals surface area contributed by atoms with Crippen LogP contribution in [0.15, 0.2) is 30.5 Å². The van der Waals surface area contributed by atoms with Crippen LogP contribution in [-0.4, -0.2) is 68.3 Å². The molecule has 3 amide bonds. The van der Waals surface area contributed by atoms with Crippen molar-refractivity contribution >= 4 is 29.3 Å². The van der Waals surface area contributed by atoms with Crippen molar-refractivity contribution in [2.75, 3.05) is 13.6 Å². The predicted molar refractivity (Wildman–Crippen MR) is 128 cm³/mol. The van der Waals surface area contributed by atoms with Crippen LogP contribution in [0.3, 0.4) is 0 Å². The second kappa shape index (κ2) is 10.1. The van der Waals surface area contributed by atoms with Crippen LogP contribution in [-0.2, 0) is 16.1 Å². The monoisotopic (exact) mass is 489 g/mol. The van der Waals surface area contributed by atoms with Crippen LogP contribution in [0.1, 0.15) is 62.0 Å². The van der Waals surface area contributed by atoms with Gasteiger partial charge in [0.25, 0.3) is 5.91 Å². The number of amides is 3. The number of hydrogen-bond acceptors (Lipinski definition) is 5. The Hall–Kier alpha value is -2.91. The molecule has 3 N–H and O–H groups in total. The van der Waals surface area contributed by atoms with Crippen molar-refractivity contribution < 1.29 is 19.5 Å². The molecule has 0 saturated carbocycles. The van der Waals surface area contributed by atoms with E-state index in [2.05, 4.69) is 15.3 Å². The van der Waals surface area contributed by atoms with Crippen molar-refractivity contribution in [3.8, 4) is 0 Å². The van der Waals surface area contributed by atoms with E-state index in [-0.39, 0.29) is 36.4 Å². The van der Waals surface area contributed by atoms with E-state index in [4.69, 9.17) is 11.6 Å². The van der Waals surface area contributed by atoms with Gasteiger partial charge in [-0.25, -0.2) is 4.98 Å². The molecule has 3 rings (SSSR count). The predicted octanol–water partition coefficient (Wildman–Crippen LogP) is 2.52. The number of aliphatic hydroxyl groups excluding tert-OH is 1. The number of nitrogens with one attached hydrogen (secondary N) is 2. The van der Waals surface area contributed by atoms with Crippen molar-refractivity contribution in [2.24, 2.45) is 5.41 Å². The number of rotatable bonds is 6. The van der Waals surface area contributed by atoms with Crippen molar-refractivity contribution in [3.63, 3.8) is 0 Å². The highest BCUT2D eigenvalue weighted by molar-refractivity contribution is 6.30. The minimum Gasteiger partial charge on any atom is -0.391 e. The number of β-amino-alcohol motifs (C(OH)–C–C–N with tert-alkyl or cyclic N) is 1. The number of halogens is 1. The van der Waals surface area contributed by atoms with Gasteiger partial charge in [0, 0.05) is 38.5 Å². The molecule has 1 aliphatic rings. The van der Waals surface area contributed by atoms with Crippen LogP contribution in [0.5, 0.6) is 0 Å². The lowest BCUT2D eigenvalue weighted by molar-refractivity contribution is -0.140. The minimum atomic E-state index is -0.764. The van der Waals surface area contributed by atoms with Crippen LogP contribution >= 0.6 is 11.6 Å². The third kappa shape index (κ3) is 5.95. The van der Waals surface area contributed by atoms with E-state index < -0.39 is 23.6 Å². The largest absolute Gasteiger partial charge is 0.391 e. The number of hydrogen-bond donors (Lipinski definition) is 3. The lowest BCUT2D eigenvalue weighted by Crippen LogP contribution is -2.54. The van der Waals surface area contributed by atoms with Gasteiger partial charge in [0.15, 0.2) is 0 Å². The molecule has 0 aliphatic carbocycles. The molecular weight excluding hydrogens is 458 g/mol. The van der Waals surface area contributed by atoms with E-state index in [9.17, 15) is 19.5 Å². The molecule has 0 spiro atoms. The summed E-state index contributed by atoms with van der Waals surface area (Å²) in [6, 6.07) is 5.95. The molecule has 2 aromatic rings. The molecule has 0 bridgehead atoms. The first-order valence-corrected chi connectivity index (χ1v) is 11.5. The standard InChI is InChI=1S/C24H32ClN5O4/c1-14(31)27-20(24(2,3)4)23(34)30-13-17(32)10-19(30)21-26-11-18(28-21)22(33)29(5)12-15-6-8-16(25)9-7-15/h6-9,11,17,19-20,32H,10,12-13H2,1-5H3,(H,26,28)(H,27,31)/t17-,19+,20-/m1/s1. The van der Waals surface area contributed by atoms with Gasteiger partial charge in [-0.15, -0.1) is 0 Å². The number of likely N-dealkylation sites (tertiary alicyclic amines) is 1. The molecule has 0 radical (unpaired) electrons. The fourth-order valence-electron chi connectivity index (χ4n) is 4.09. The molecule has 10 heteroatoms. The van der Waals surface area contributed by atoms with E-state index >= 15 is 0 Å². The fourth-order valence-corrected chi connectivity index (χ4v) is 4.22. The van der Waals surface area contributed by atoms with Gasteiger partial charge in [0.2, 0.25) is 11.8 Å². The maximum Gasteiger partial charge on any atom is 0.271 e. The van der Waals surface area contributed by atoms with E-state index in [1.165, 1.54) is 18.0 Å².